The predicted octanol–water partition coefficient (Wildman–Crippen LogP) is 20.8. The van der Waals surface area contributed by atoms with Gasteiger partial charge in [-0.3, -0.25) is 0 Å². The molecule has 2 aliphatic heterocycles. The van der Waals surface area contributed by atoms with E-state index in [0.29, 0.717) is 0 Å². The maximum absolute atomic E-state index is 9.75. The summed E-state index contributed by atoms with van der Waals surface area (Å²) in [7, 11) is -6.00. The van der Waals surface area contributed by atoms with Crippen LogP contribution in [0.4, 0.5) is 17.3 Å². The van der Waals surface area contributed by atoms with Crippen LogP contribution in [-0.4, -0.2) is 17.2 Å². The van der Waals surface area contributed by atoms with Crippen molar-refractivity contribution in [3.63, 3.8) is 0 Å². The van der Waals surface area contributed by atoms with Crippen LogP contribution in [0.1, 0.15) is 197 Å². The first-order chi connectivity index (χ1) is 44.3. The van der Waals surface area contributed by atoms with Crippen LogP contribution in [0.3, 0.4) is 0 Å². The summed E-state index contributed by atoms with van der Waals surface area (Å²) in [5.74, 6) is 26.5. The van der Waals surface area contributed by atoms with Crippen LogP contribution in [0.25, 0.3) is 66.6 Å². The number of hydrogen-bond acceptors (Lipinski definition) is 2. The molecule has 0 saturated heterocycles. The SMILES string of the molecule is CCC1=C(C)c2nc1cc1[n-]c(c(C)c1CC)c(-c1ccc(C#Cc3ccc(C#Cc4ccc(C#Cc5ccc(C#Cc6ccccc6)cc5)cc4)cc3)cc1)c1nc(cc3[n-]c(c(C)c3CC)c2-c2cc(C(C)(C)C)cc(C(C)(C)C)c2)C(CC)=C1C.F[B-](F)(F)F.[Au+3]. The van der Waals surface area contributed by atoms with Gasteiger partial charge in [-0.05, 0) is 217 Å². The molecule has 0 atom stereocenters. The first-order valence-electron chi connectivity index (χ1n) is 32.0. The zero-order valence-electron chi connectivity index (χ0n) is 56.0. The zero-order chi connectivity index (χ0) is 66.5. The minimum Gasteiger partial charge on any atom is -0.657 e. The molecule has 3 aromatic heterocycles. The maximum Gasteiger partial charge on any atom is 3.00 e. The van der Waals surface area contributed by atoms with Crippen molar-refractivity contribution in [2.45, 2.75) is 133 Å². The van der Waals surface area contributed by atoms with Gasteiger partial charge in [-0.1, -0.05) is 200 Å². The summed E-state index contributed by atoms with van der Waals surface area (Å²) in [6.07, 6.45) is 3.30. The zero-order valence-corrected chi connectivity index (χ0v) is 58.2. The van der Waals surface area contributed by atoms with E-state index in [2.05, 4.69) is 199 Å². The average molecular weight is 1430 g/mol. The van der Waals surface area contributed by atoms with Crippen LogP contribution >= 0.6 is 0 Å². The molecule has 474 valence electrons. The Kier molecular flexibility index (Phi) is 21.2. The van der Waals surface area contributed by atoms with E-state index in [1.807, 2.05) is 103 Å². The van der Waals surface area contributed by atoms with Crippen molar-refractivity contribution in [3.05, 3.63) is 258 Å². The Labute approximate surface area is 569 Å². The van der Waals surface area contributed by atoms with Crippen molar-refractivity contribution >= 4 is 51.6 Å². The average Bonchev–Trinajstić information content (AvgIpc) is 1.57. The molecular weight excluding hydrogens is 1350 g/mol. The predicted molar refractivity (Wildman–Crippen MR) is 381 cm³/mol. The third-order valence-electron chi connectivity index (χ3n) is 17.3. The van der Waals surface area contributed by atoms with Gasteiger partial charge in [-0.25, -0.2) is 9.97 Å². The molecule has 9 aromatic rings. The monoisotopic (exact) mass is 1420 g/mol. The molecule has 0 aliphatic carbocycles. The summed E-state index contributed by atoms with van der Waals surface area (Å²) in [6.45, 7) is 31.8. The molecule has 4 nitrogen and oxygen atoms in total. The molecule has 0 radical (unpaired) electrons. The summed E-state index contributed by atoms with van der Waals surface area (Å²) in [6, 6.07) is 54.6. The van der Waals surface area contributed by atoms with Gasteiger partial charge >= 0.3 is 29.6 Å². The molecule has 8 bridgehead atoms. The fourth-order valence-corrected chi connectivity index (χ4v) is 12.1. The van der Waals surface area contributed by atoms with Crippen LogP contribution in [0.2, 0.25) is 0 Å². The topological polar surface area (TPSA) is 54.0 Å². The minimum atomic E-state index is -6.00. The number of fused-ring (bicyclic) bond motifs is 8. The molecule has 10 heteroatoms. The van der Waals surface area contributed by atoms with Crippen LogP contribution in [0.15, 0.2) is 158 Å². The fraction of sp³-hybridized carbons (Fsp3) is 0.238. The first kappa shape index (κ1) is 69.0. The quantitative estimate of drug-likeness (QED) is 0.0946. The maximum atomic E-state index is 9.75. The Bertz CT molecular complexity index is 4830. The van der Waals surface area contributed by atoms with Crippen molar-refractivity contribution in [2.75, 3.05) is 0 Å². The van der Waals surface area contributed by atoms with E-state index >= 15 is 0 Å². The molecule has 11 rings (SSSR count). The number of benzene rings is 6. The molecule has 0 fully saturated rings. The number of hydrogen-bond donors (Lipinski definition) is 0. The third kappa shape index (κ3) is 15.8. The molecule has 6 aromatic carbocycles. The summed E-state index contributed by atoms with van der Waals surface area (Å²) in [4.78, 5) is 22.8. The van der Waals surface area contributed by atoms with Crippen molar-refractivity contribution in [2.24, 2.45) is 0 Å². The number of aromatic nitrogens is 4. The molecule has 94 heavy (non-hydrogen) atoms. The van der Waals surface area contributed by atoms with Crippen molar-refractivity contribution in [3.8, 4) is 69.6 Å². The second kappa shape index (κ2) is 28.9. The summed E-state index contributed by atoms with van der Waals surface area (Å²) >= 11 is 0. The van der Waals surface area contributed by atoms with Gasteiger partial charge in [0.2, 0.25) is 0 Å². The second-order valence-electron chi connectivity index (χ2n) is 25.7. The van der Waals surface area contributed by atoms with E-state index in [9.17, 15) is 17.3 Å². The molecular formula is C84H76AuBF4N4. The molecule has 0 saturated carbocycles. The van der Waals surface area contributed by atoms with Crippen LogP contribution in [0, 0.1) is 61.2 Å². The van der Waals surface area contributed by atoms with Gasteiger partial charge in [0.15, 0.2) is 0 Å². The van der Waals surface area contributed by atoms with Crippen molar-refractivity contribution in [1.29, 1.82) is 0 Å². The molecule has 0 N–H and O–H groups in total. The molecule has 0 amide bonds. The second-order valence-corrected chi connectivity index (χ2v) is 25.7. The summed E-state index contributed by atoms with van der Waals surface area (Å²) in [5, 5.41) is 0. The van der Waals surface area contributed by atoms with E-state index in [-0.39, 0.29) is 33.2 Å². The minimum absolute atomic E-state index is 0. The van der Waals surface area contributed by atoms with E-state index in [1.165, 1.54) is 44.5 Å². The van der Waals surface area contributed by atoms with Gasteiger partial charge in [-0.2, -0.15) is 0 Å². The van der Waals surface area contributed by atoms with Crippen LogP contribution in [0.5, 0.6) is 0 Å². The number of aryl methyl sites for hydroxylation is 4. The Morgan fingerprint density at radius 3 is 0.957 bits per heavy atom. The van der Waals surface area contributed by atoms with Crippen molar-refractivity contribution < 1.29 is 39.6 Å². The fourth-order valence-electron chi connectivity index (χ4n) is 12.1. The first-order valence-corrected chi connectivity index (χ1v) is 32.0. The number of allylic oxidation sites excluding steroid dienone is 4. The molecule has 0 spiro atoms. The van der Waals surface area contributed by atoms with Crippen molar-refractivity contribution in [1.82, 2.24) is 19.9 Å². The van der Waals surface area contributed by atoms with E-state index in [1.54, 1.807) is 0 Å². The van der Waals surface area contributed by atoms with Gasteiger partial charge in [0.1, 0.15) is 0 Å². The summed E-state index contributed by atoms with van der Waals surface area (Å²) < 4.78 is 39.0. The van der Waals surface area contributed by atoms with Gasteiger partial charge in [0.25, 0.3) is 0 Å². The van der Waals surface area contributed by atoms with E-state index < -0.39 is 7.25 Å². The Hall–Kier alpha value is -9.31. The van der Waals surface area contributed by atoms with Crippen LogP contribution < -0.4 is 9.97 Å². The number of rotatable bonds is 6. The molecule has 5 heterocycles. The van der Waals surface area contributed by atoms with Gasteiger partial charge < -0.3 is 27.2 Å². The number of nitrogens with zero attached hydrogens (tertiary/aromatic N) is 4. The number of halogens is 4. The third-order valence-corrected chi connectivity index (χ3v) is 17.3. The summed E-state index contributed by atoms with van der Waals surface area (Å²) in [5.41, 5.74) is 31.5. The van der Waals surface area contributed by atoms with Gasteiger partial charge in [0.05, 0.1) is 22.8 Å². The molecule has 0 unspecified atom stereocenters. The normalized spacial score (nSPS) is 12.0. The molecule has 2 aliphatic rings. The Morgan fingerprint density at radius 2 is 0.670 bits per heavy atom. The Balaban J connectivity index is 0.00000167. The Morgan fingerprint density at radius 1 is 0.383 bits per heavy atom. The van der Waals surface area contributed by atoms with Crippen LogP contribution in [-0.2, 0) is 46.1 Å². The standard InChI is InChI=1S/C84H76N4.Au.BF4/c1-15-69-53(5)79-77(65-46-44-64(45-47-65)43-42-63-40-38-62(39-41-63)37-36-61-34-32-60(33-35-61)31-30-59-28-26-58(27-29-59)25-24-57-22-20-19-21-23-57)80-54(6)70(16-2)74(86-80)52-76-72(18-4)56(8)82(88-76)78(81-55(7)71(17-3)75(87-81)51-73(69)85-79)66-48-67(83(9,10)11)50-68(49-66)84(12,13)14;;2-1(3,4)5/h19-23,26-29,32-35,38-41,44-52H,15-18H2,1-14H3;;/q-2;+3;-1. The van der Waals surface area contributed by atoms with E-state index in [0.717, 1.165) is 148 Å². The largest absolute Gasteiger partial charge is 3.00 e. The van der Waals surface area contributed by atoms with Gasteiger partial charge in [0, 0.05) is 44.5 Å². The van der Waals surface area contributed by atoms with Gasteiger partial charge in [-0.15, -0.1) is 22.1 Å². The smallest absolute Gasteiger partial charge is 0.657 e. The van der Waals surface area contributed by atoms with E-state index in [4.69, 9.17) is 19.9 Å².